The maximum atomic E-state index is 12.2. The summed E-state index contributed by atoms with van der Waals surface area (Å²) in [7, 11) is 0. The molecular formula is C21H22ClNO2. The maximum absolute atomic E-state index is 12.2. The number of carbonyl (C=O) groups is 1. The molecule has 0 spiro atoms. The standard InChI is InChI=1S/C21H22ClNO2/c1-2-3-4-5-6-7-16-8-10-17(11-9-16)21(24)25-19-13-12-18(15-23)20(22)14-19/h8-14H,2-7H2,1H3. The van der Waals surface area contributed by atoms with Gasteiger partial charge in [0.2, 0.25) is 0 Å². The second kappa shape index (κ2) is 9.86. The van der Waals surface area contributed by atoms with Crippen molar-refractivity contribution in [1.82, 2.24) is 0 Å². The number of carbonyl (C=O) groups excluding carboxylic acids is 1. The van der Waals surface area contributed by atoms with E-state index >= 15 is 0 Å². The summed E-state index contributed by atoms with van der Waals surface area (Å²) >= 11 is 5.95. The van der Waals surface area contributed by atoms with Gasteiger partial charge in [0, 0.05) is 6.07 Å². The molecule has 0 saturated carbocycles. The summed E-state index contributed by atoms with van der Waals surface area (Å²) in [6.45, 7) is 2.21. The zero-order valence-electron chi connectivity index (χ0n) is 14.4. The highest BCUT2D eigenvalue weighted by Gasteiger charge is 2.10. The number of benzene rings is 2. The molecule has 0 amide bonds. The number of hydrogen-bond donors (Lipinski definition) is 0. The van der Waals surface area contributed by atoms with Gasteiger partial charge in [-0.25, -0.2) is 4.79 Å². The fraction of sp³-hybridized carbons (Fsp3) is 0.333. The van der Waals surface area contributed by atoms with Crippen LogP contribution in [0.1, 0.15) is 60.5 Å². The van der Waals surface area contributed by atoms with E-state index in [1.54, 1.807) is 18.2 Å². The zero-order chi connectivity index (χ0) is 18.1. The monoisotopic (exact) mass is 355 g/mol. The minimum Gasteiger partial charge on any atom is -0.423 e. The fourth-order valence-electron chi connectivity index (χ4n) is 2.56. The van der Waals surface area contributed by atoms with E-state index in [1.165, 1.54) is 49.8 Å². The number of esters is 1. The average Bonchev–Trinajstić information content (AvgIpc) is 2.62. The molecule has 2 aromatic carbocycles. The number of nitrogens with zero attached hydrogens (tertiary/aromatic N) is 1. The van der Waals surface area contributed by atoms with Crippen molar-refractivity contribution in [2.24, 2.45) is 0 Å². The Kier molecular flexibility index (Phi) is 7.50. The number of hydrogen-bond acceptors (Lipinski definition) is 3. The maximum Gasteiger partial charge on any atom is 0.343 e. The van der Waals surface area contributed by atoms with Crippen molar-refractivity contribution < 1.29 is 9.53 Å². The molecule has 0 atom stereocenters. The van der Waals surface area contributed by atoms with Crippen LogP contribution in [0.2, 0.25) is 5.02 Å². The number of aryl methyl sites for hydroxylation is 1. The van der Waals surface area contributed by atoms with E-state index in [1.807, 2.05) is 18.2 Å². The van der Waals surface area contributed by atoms with E-state index in [4.69, 9.17) is 21.6 Å². The Morgan fingerprint density at radius 1 is 1.08 bits per heavy atom. The van der Waals surface area contributed by atoms with Gasteiger partial charge in [-0.15, -0.1) is 0 Å². The van der Waals surface area contributed by atoms with Crippen LogP contribution in [0.5, 0.6) is 5.75 Å². The van der Waals surface area contributed by atoms with Gasteiger partial charge < -0.3 is 4.74 Å². The highest BCUT2D eigenvalue weighted by Crippen LogP contribution is 2.22. The Morgan fingerprint density at radius 2 is 1.80 bits per heavy atom. The van der Waals surface area contributed by atoms with E-state index in [0.717, 1.165) is 6.42 Å². The Labute approximate surface area is 154 Å². The number of halogens is 1. The largest absolute Gasteiger partial charge is 0.423 e. The Morgan fingerprint density at radius 3 is 2.44 bits per heavy atom. The quantitative estimate of drug-likeness (QED) is 0.334. The third-order valence-corrected chi connectivity index (χ3v) is 4.34. The molecule has 0 aliphatic heterocycles. The van der Waals surface area contributed by atoms with E-state index in [9.17, 15) is 4.79 Å². The van der Waals surface area contributed by atoms with Gasteiger partial charge in [-0.2, -0.15) is 5.26 Å². The predicted octanol–water partition coefficient (Wildman–Crippen LogP) is 5.94. The first kappa shape index (κ1) is 19.0. The van der Waals surface area contributed by atoms with Gasteiger partial charge >= 0.3 is 5.97 Å². The molecule has 0 saturated heterocycles. The summed E-state index contributed by atoms with van der Waals surface area (Å²) in [5.41, 5.74) is 2.08. The summed E-state index contributed by atoms with van der Waals surface area (Å²) < 4.78 is 5.31. The molecule has 0 heterocycles. The highest BCUT2D eigenvalue weighted by atomic mass is 35.5. The van der Waals surface area contributed by atoms with E-state index in [2.05, 4.69) is 6.92 Å². The van der Waals surface area contributed by atoms with Gasteiger partial charge in [0.15, 0.2) is 0 Å². The lowest BCUT2D eigenvalue weighted by Gasteiger charge is -2.06. The fourth-order valence-corrected chi connectivity index (χ4v) is 2.77. The van der Waals surface area contributed by atoms with Crippen molar-refractivity contribution in [3.63, 3.8) is 0 Å². The smallest absolute Gasteiger partial charge is 0.343 e. The molecule has 130 valence electrons. The van der Waals surface area contributed by atoms with Crippen LogP contribution >= 0.6 is 11.6 Å². The van der Waals surface area contributed by atoms with Crippen molar-refractivity contribution in [2.45, 2.75) is 45.4 Å². The minimum absolute atomic E-state index is 0.270. The number of rotatable bonds is 8. The lowest BCUT2D eigenvalue weighted by atomic mass is 10.0. The topological polar surface area (TPSA) is 50.1 Å². The third-order valence-electron chi connectivity index (χ3n) is 4.03. The molecule has 3 nitrogen and oxygen atoms in total. The van der Waals surface area contributed by atoms with Crippen molar-refractivity contribution in [2.75, 3.05) is 0 Å². The first-order valence-corrected chi connectivity index (χ1v) is 9.02. The van der Waals surface area contributed by atoms with Gasteiger partial charge in [-0.1, -0.05) is 56.3 Å². The van der Waals surface area contributed by atoms with Gasteiger partial charge in [0.1, 0.15) is 11.8 Å². The summed E-state index contributed by atoms with van der Waals surface area (Å²) in [5, 5.41) is 9.13. The normalized spacial score (nSPS) is 10.3. The van der Waals surface area contributed by atoms with E-state index < -0.39 is 5.97 Å². The highest BCUT2D eigenvalue weighted by molar-refractivity contribution is 6.31. The van der Waals surface area contributed by atoms with E-state index in [0.29, 0.717) is 16.9 Å². The van der Waals surface area contributed by atoms with Gasteiger partial charge in [-0.05, 0) is 42.7 Å². The van der Waals surface area contributed by atoms with Crippen LogP contribution in [0.25, 0.3) is 0 Å². The van der Waals surface area contributed by atoms with Gasteiger partial charge in [-0.3, -0.25) is 0 Å². The van der Waals surface area contributed by atoms with Crippen LogP contribution in [0.3, 0.4) is 0 Å². The van der Waals surface area contributed by atoms with Crippen LogP contribution in [0.4, 0.5) is 0 Å². The van der Waals surface area contributed by atoms with Crippen LogP contribution in [0.15, 0.2) is 42.5 Å². The first-order chi connectivity index (χ1) is 12.1. The van der Waals surface area contributed by atoms with Crippen LogP contribution < -0.4 is 4.74 Å². The van der Waals surface area contributed by atoms with E-state index in [-0.39, 0.29) is 5.02 Å². The molecule has 0 bridgehead atoms. The van der Waals surface area contributed by atoms with Crippen molar-refractivity contribution >= 4 is 17.6 Å². The average molecular weight is 356 g/mol. The molecule has 0 N–H and O–H groups in total. The molecule has 0 unspecified atom stereocenters. The van der Waals surface area contributed by atoms with Gasteiger partial charge in [0.25, 0.3) is 0 Å². The third kappa shape index (κ3) is 5.92. The first-order valence-electron chi connectivity index (χ1n) is 8.65. The summed E-state index contributed by atoms with van der Waals surface area (Å²) in [5.74, 6) is -0.107. The molecule has 2 aromatic rings. The Balaban J connectivity index is 1.89. The molecule has 2 rings (SSSR count). The molecular weight excluding hydrogens is 334 g/mol. The zero-order valence-corrected chi connectivity index (χ0v) is 15.2. The van der Waals surface area contributed by atoms with Crippen LogP contribution in [-0.2, 0) is 6.42 Å². The molecule has 0 radical (unpaired) electrons. The SMILES string of the molecule is CCCCCCCc1ccc(C(=O)Oc2ccc(C#N)c(Cl)c2)cc1. The summed E-state index contributed by atoms with van der Waals surface area (Å²) in [6.07, 6.45) is 7.29. The number of ether oxygens (including phenoxy) is 1. The molecule has 25 heavy (non-hydrogen) atoms. The minimum atomic E-state index is -0.435. The van der Waals surface area contributed by atoms with Crippen LogP contribution in [0, 0.1) is 11.3 Å². The lowest BCUT2D eigenvalue weighted by Crippen LogP contribution is -2.08. The molecule has 0 fully saturated rings. The lowest BCUT2D eigenvalue weighted by molar-refractivity contribution is 0.0735. The summed E-state index contributed by atoms with van der Waals surface area (Å²) in [4.78, 5) is 12.2. The summed E-state index contributed by atoms with van der Waals surface area (Å²) in [6, 6.07) is 14.1. The predicted molar refractivity (Wildman–Crippen MR) is 100 cm³/mol. The molecule has 4 heteroatoms. The molecule has 0 aromatic heterocycles. The van der Waals surface area contributed by atoms with Crippen molar-refractivity contribution in [3.8, 4) is 11.8 Å². The van der Waals surface area contributed by atoms with Crippen LogP contribution in [-0.4, -0.2) is 5.97 Å². The number of unbranched alkanes of at least 4 members (excludes halogenated alkanes) is 4. The Hall–Kier alpha value is -2.31. The molecule has 0 aliphatic carbocycles. The van der Waals surface area contributed by atoms with Gasteiger partial charge in [0.05, 0.1) is 16.1 Å². The number of nitriles is 1. The second-order valence-corrected chi connectivity index (χ2v) is 6.41. The second-order valence-electron chi connectivity index (χ2n) is 6.00. The van der Waals surface area contributed by atoms with Crippen molar-refractivity contribution in [3.05, 3.63) is 64.2 Å². The molecule has 0 aliphatic rings. The Bertz CT molecular complexity index is 747. The van der Waals surface area contributed by atoms with Crippen molar-refractivity contribution in [1.29, 1.82) is 5.26 Å².